The van der Waals surface area contributed by atoms with Crippen molar-refractivity contribution >= 4 is 11.7 Å². The van der Waals surface area contributed by atoms with Crippen molar-refractivity contribution in [2.75, 3.05) is 38.0 Å². The first kappa shape index (κ1) is 19.0. The van der Waals surface area contributed by atoms with E-state index in [2.05, 4.69) is 34.3 Å². The first-order chi connectivity index (χ1) is 12.2. The molecule has 0 radical (unpaired) electrons. The number of nitrogens with zero attached hydrogens (tertiary/aromatic N) is 3. The Morgan fingerprint density at radius 1 is 1.04 bits per heavy atom. The largest absolute Gasteiger partial charge is 0.325 e. The molecule has 0 spiro atoms. The summed E-state index contributed by atoms with van der Waals surface area (Å²) in [6.45, 7) is 11.0. The van der Waals surface area contributed by atoms with Gasteiger partial charge in [0.1, 0.15) is 0 Å². The third-order valence-corrected chi connectivity index (χ3v) is 4.41. The molecule has 1 aromatic heterocycles. The van der Waals surface area contributed by atoms with Crippen molar-refractivity contribution in [1.82, 2.24) is 20.0 Å². The molecule has 1 heterocycles. The first-order valence-electron chi connectivity index (χ1n) is 9.06. The second kappa shape index (κ2) is 9.84. The number of nitrogens with one attached hydrogen (secondary N) is 2. The Morgan fingerprint density at radius 2 is 1.76 bits per heavy atom. The van der Waals surface area contributed by atoms with Gasteiger partial charge in [0.25, 0.3) is 0 Å². The Labute approximate surface area is 150 Å². The lowest BCUT2D eigenvalue weighted by atomic mass is 10.1. The van der Waals surface area contributed by atoms with E-state index in [4.69, 9.17) is 0 Å². The minimum atomic E-state index is -0.0451. The standard InChI is InChI=1S/C19H29N5O/c1-4-23(5-2)14-7-15-24(6-3)19(25)21-17-10-8-16(9-11-17)18-12-13-20-22-18/h8-13H,4-7,14-15H2,1-3H3,(H,20,22)(H,21,25). The van der Waals surface area contributed by atoms with E-state index in [1.54, 1.807) is 6.20 Å². The summed E-state index contributed by atoms with van der Waals surface area (Å²) in [6, 6.07) is 9.65. The predicted molar refractivity (Wildman–Crippen MR) is 103 cm³/mol. The number of urea groups is 1. The van der Waals surface area contributed by atoms with Gasteiger partial charge in [-0.05, 0) is 56.7 Å². The van der Waals surface area contributed by atoms with Crippen molar-refractivity contribution in [1.29, 1.82) is 0 Å². The summed E-state index contributed by atoms with van der Waals surface area (Å²) in [4.78, 5) is 16.7. The van der Waals surface area contributed by atoms with Gasteiger partial charge in [-0.25, -0.2) is 4.79 Å². The highest BCUT2D eigenvalue weighted by molar-refractivity contribution is 5.89. The van der Waals surface area contributed by atoms with Crippen LogP contribution in [0.1, 0.15) is 27.2 Å². The third-order valence-electron chi connectivity index (χ3n) is 4.41. The molecule has 0 saturated carbocycles. The second-order valence-electron chi connectivity index (χ2n) is 5.94. The van der Waals surface area contributed by atoms with Gasteiger partial charge in [-0.15, -0.1) is 0 Å². The Kier molecular flexibility index (Phi) is 7.47. The molecule has 6 heteroatoms. The molecule has 2 amide bonds. The maximum absolute atomic E-state index is 12.5. The minimum Gasteiger partial charge on any atom is -0.325 e. The fourth-order valence-electron chi connectivity index (χ4n) is 2.78. The molecule has 6 nitrogen and oxygen atoms in total. The number of rotatable bonds is 9. The summed E-state index contributed by atoms with van der Waals surface area (Å²) in [5, 5.41) is 9.86. The molecule has 25 heavy (non-hydrogen) atoms. The quantitative estimate of drug-likeness (QED) is 0.730. The van der Waals surface area contributed by atoms with E-state index >= 15 is 0 Å². The highest BCUT2D eigenvalue weighted by atomic mass is 16.2. The lowest BCUT2D eigenvalue weighted by Crippen LogP contribution is -2.37. The number of aromatic nitrogens is 2. The lowest BCUT2D eigenvalue weighted by molar-refractivity contribution is 0.208. The van der Waals surface area contributed by atoms with Crippen molar-refractivity contribution in [2.24, 2.45) is 0 Å². The number of amides is 2. The zero-order chi connectivity index (χ0) is 18.1. The van der Waals surface area contributed by atoms with Crippen LogP contribution in [0.25, 0.3) is 11.3 Å². The number of H-pyrrole nitrogens is 1. The van der Waals surface area contributed by atoms with Crippen LogP contribution in [0.4, 0.5) is 10.5 Å². The molecule has 0 bridgehead atoms. The van der Waals surface area contributed by atoms with Crippen molar-refractivity contribution in [2.45, 2.75) is 27.2 Å². The molecule has 2 aromatic rings. The number of carbonyl (C=O) groups is 1. The smallest absolute Gasteiger partial charge is 0.321 e. The number of hydrogen-bond acceptors (Lipinski definition) is 3. The van der Waals surface area contributed by atoms with Gasteiger partial charge in [-0.3, -0.25) is 5.10 Å². The molecule has 1 aromatic carbocycles. The minimum absolute atomic E-state index is 0.0451. The topological polar surface area (TPSA) is 64.3 Å². The van der Waals surface area contributed by atoms with Crippen molar-refractivity contribution in [3.8, 4) is 11.3 Å². The lowest BCUT2D eigenvalue weighted by Gasteiger charge is -2.24. The summed E-state index contributed by atoms with van der Waals surface area (Å²) in [5.41, 5.74) is 2.81. The summed E-state index contributed by atoms with van der Waals surface area (Å²) in [7, 11) is 0. The zero-order valence-corrected chi connectivity index (χ0v) is 15.5. The summed E-state index contributed by atoms with van der Waals surface area (Å²) < 4.78 is 0. The fraction of sp³-hybridized carbons (Fsp3) is 0.474. The molecule has 136 valence electrons. The summed E-state index contributed by atoms with van der Waals surface area (Å²) >= 11 is 0. The van der Waals surface area contributed by atoms with Gasteiger partial charge in [0.05, 0.1) is 5.69 Å². The maximum atomic E-state index is 12.5. The van der Waals surface area contributed by atoms with Gasteiger partial charge in [0, 0.05) is 25.0 Å². The first-order valence-corrected chi connectivity index (χ1v) is 9.06. The van der Waals surface area contributed by atoms with Crippen molar-refractivity contribution in [3.05, 3.63) is 36.5 Å². The summed E-state index contributed by atoms with van der Waals surface area (Å²) in [5.74, 6) is 0. The van der Waals surface area contributed by atoms with Crippen LogP contribution in [0, 0.1) is 0 Å². The van der Waals surface area contributed by atoms with Gasteiger partial charge in [-0.1, -0.05) is 26.0 Å². The highest BCUT2D eigenvalue weighted by Crippen LogP contribution is 2.19. The van der Waals surface area contributed by atoms with E-state index in [-0.39, 0.29) is 6.03 Å². The van der Waals surface area contributed by atoms with Gasteiger partial charge in [-0.2, -0.15) is 5.10 Å². The molecule has 0 atom stereocenters. The average molecular weight is 343 g/mol. The SMILES string of the molecule is CCN(CC)CCCN(CC)C(=O)Nc1ccc(-c2ccn[nH]2)cc1. The predicted octanol–water partition coefficient (Wildman–Crippen LogP) is 3.66. The van der Waals surface area contributed by atoms with Crippen LogP contribution in [0.5, 0.6) is 0 Å². The second-order valence-corrected chi connectivity index (χ2v) is 5.94. The average Bonchev–Trinajstić information content (AvgIpc) is 3.17. The Morgan fingerprint density at radius 3 is 2.32 bits per heavy atom. The molecular formula is C19H29N5O. The van der Waals surface area contributed by atoms with E-state index in [9.17, 15) is 4.79 Å². The Hall–Kier alpha value is -2.34. The van der Waals surface area contributed by atoms with E-state index in [1.807, 2.05) is 42.2 Å². The van der Waals surface area contributed by atoms with Gasteiger partial charge >= 0.3 is 6.03 Å². The Bertz CT molecular complexity index is 620. The van der Waals surface area contributed by atoms with Crippen LogP contribution in [0.2, 0.25) is 0 Å². The van der Waals surface area contributed by atoms with E-state index < -0.39 is 0 Å². The highest BCUT2D eigenvalue weighted by Gasteiger charge is 2.12. The molecule has 0 saturated heterocycles. The van der Waals surface area contributed by atoms with Crippen LogP contribution in [-0.2, 0) is 0 Å². The summed E-state index contributed by atoms with van der Waals surface area (Å²) in [6.07, 6.45) is 2.71. The van der Waals surface area contributed by atoms with Crippen LogP contribution in [-0.4, -0.2) is 58.8 Å². The molecule has 0 aliphatic carbocycles. The van der Waals surface area contributed by atoms with Gasteiger partial charge in [0.15, 0.2) is 0 Å². The van der Waals surface area contributed by atoms with E-state index in [1.165, 1.54) is 0 Å². The molecular weight excluding hydrogens is 314 g/mol. The monoisotopic (exact) mass is 343 g/mol. The van der Waals surface area contributed by atoms with E-state index in [0.717, 1.165) is 49.5 Å². The zero-order valence-electron chi connectivity index (χ0n) is 15.5. The molecule has 0 unspecified atom stereocenters. The van der Waals surface area contributed by atoms with Crippen molar-refractivity contribution < 1.29 is 4.79 Å². The molecule has 2 rings (SSSR count). The van der Waals surface area contributed by atoms with Crippen molar-refractivity contribution in [3.63, 3.8) is 0 Å². The number of carbonyl (C=O) groups excluding carboxylic acids is 1. The molecule has 2 N–H and O–H groups in total. The van der Waals surface area contributed by atoms with Crippen LogP contribution < -0.4 is 5.32 Å². The number of aromatic amines is 1. The van der Waals surface area contributed by atoms with Crippen LogP contribution >= 0.6 is 0 Å². The molecule has 0 aliphatic rings. The number of anilines is 1. The third kappa shape index (κ3) is 5.60. The normalized spacial score (nSPS) is 10.9. The fourth-order valence-corrected chi connectivity index (χ4v) is 2.78. The number of benzene rings is 1. The maximum Gasteiger partial charge on any atom is 0.321 e. The molecule has 0 aliphatic heterocycles. The van der Waals surface area contributed by atoms with Gasteiger partial charge in [0.2, 0.25) is 0 Å². The van der Waals surface area contributed by atoms with Gasteiger partial charge < -0.3 is 15.1 Å². The molecule has 0 fully saturated rings. The Balaban J connectivity index is 1.86. The number of hydrogen-bond donors (Lipinski definition) is 2. The van der Waals surface area contributed by atoms with Crippen LogP contribution in [0.15, 0.2) is 36.5 Å². The van der Waals surface area contributed by atoms with E-state index in [0.29, 0.717) is 6.54 Å². The van der Waals surface area contributed by atoms with Crippen LogP contribution in [0.3, 0.4) is 0 Å².